The van der Waals surface area contributed by atoms with E-state index < -0.39 is 9.84 Å². The average molecular weight is 284 g/mol. The van der Waals surface area contributed by atoms with E-state index in [1.807, 2.05) is 19.2 Å². The molecule has 1 aliphatic carbocycles. The molecule has 2 N–H and O–H groups in total. The van der Waals surface area contributed by atoms with E-state index in [9.17, 15) is 8.42 Å². The minimum atomic E-state index is -2.97. The molecule has 1 heterocycles. The Morgan fingerprint density at radius 1 is 1.53 bits per heavy atom. The predicted molar refractivity (Wildman–Crippen MR) is 77.9 cm³/mol. The Balaban J connectivity index is 2.35. The monoisotopic (exact) mass is 284 g/mol. The SMILES string of the molecule is CC(CS(C)(=O)=O)n1ccc2c1CC(C)(C)CC2N. The van der Waals surface area contributed by atoms with Gasteiger partial charge in [0.1, 0.15) is 9.84 Å². The van der Waals surface area contributed by atoms with E-state index in [2.05, 4.69) is 18.4 Å². The first-order valence-electron chi connectivity index (χ1n) is 6.72. The molecule has 0 saturated heterocycles. The molecular weight excluding hydrogens is 260 g/mol. The van der Waals surface area contributed by atoms with Gasteiger partial charge in [-0.3, -0.25) is 0 Å². The summed E-state index contributed by atoms with van der Waals surface area (Å²) in [5.41, 5.74) is 8.79. The zero-order chi connectivity index (χ0) is 14.4. The zero-order valence-corrected chi connectivity index (χ0v) is 13.0. The van der Waals surface area contributed by atoms with Gasteiger partial charge in [-0.1, -0.05) is 13.8 Å². The summed E-state index contributed by atoms with van der Waals surface area (Å²) in [5, 5.41) is 0. The van der Waals surface area contributed by atoms with Gasteiger partial charge in [0, 0.05) is 30.2 Å². The van der Waals surface area contributed by atoms with E-state index in [1.54, 1.807) is 0 Å². The van der Waals surface area contributed by atoms with Crippen LogP contribution in [-0.4, -0.2) is 25.0 Å². The molecule has 0 amide bonds. The van der Waals surface area contributed by atoms with Gasteiger partial charge in [-0.15, -0.1) is 0 Å². The van der Waals surface area contributed by atoms with E-state index in [4.69, 9.17) is 5.73 Å². The highest BCUT2D eigenvalue weighted by atomic mass is 32.2. The molecule has 0 radical (unpaired) electrons. The first-order valence-corrected chi connectivity index (χ1v) is 8.78. The molecule has 4 nitrogen and oxygen atoms in total. The fraction of sp³-hybridized carbons (Fsp3) is 0.714. The quantitative estimate of drug-likeness (QED) is 0.924. The summed E-state index contributed by atoms with van der Waals surface area (Å²) in [5.74, 6) is 0.170. The molecule has 2 unspecified atom stereocenters. The molecule has 2 rings (SSSR count). The van der Waals surface area contributed by atoms with Crippen LogP contribution in [0.15, 0.2) is 12.3 Å². The number of fused-ring (bicyclic) bond motifs is 1. The second-order valence-corrected chi connectivity index (χ2v) is 8.90. The Kier molecular flexibility index (Phi) is 3.56. The topological polar surface area (TPSA) is 65.1 Å². The number of sulfone groups is 1. The Morgan fingerprint density at radius 2 is 2.16 bits per heavy atom. The second kappa shape index (κ2) is 4.63. The minimum Gasteiger partial charge on any atom is -0.347 e. The summed E-state index contributed by atoms with van der Waals surface area (Å²) in [6.45, 7) is 6.39. The molecular formula is C14H24N2O2S. The third-order valence-corrected chi connectivity index (χ3v) is 4.98. The van der Waals surface area contributed by atoms with Crippen molar-refractivity contribution in [3.8, 4) is 0 Å². The number of nitrogens with zero attached hydrogens (tertiary/aromatic N) is 1. The highest BCUT2D eigenvalue weighted by molar-refractivity contribution is 7.90. The van der Waals surface area contributed by atoms with Gasteiger partial charge in [0.2, 0.25) is 0 Å². The molecule has 0 bridgehead atoms. The van der Waals surface area contributed by atoms with Gasteiger partial charge < -0.3 is 10.3 Å². The molecule has 1 aliphatic rings. The molecule has 2 atom stereocenters. The van der Waals surface area contributed by atoms with Crippen LogP contribution < -0.4 is 5.73 Å². The lowest BCUT2D eigenvalue weighted by molar-refractivity contribution is 0.273. The number of rotatable bonds is 3. The predicted octanol–water partition coefficient (Wildman–Crippen LogP) is 2.07. The lowest BCUT2D eigenvalue weighted by atomic mass is 9.74. The third kappa shape index (κ3) is 3.20. The van der Waals surface area contributed by atoms with Crippen LogP contribution in [0.2, 0.25) is 0 Å². The van der Waals surface area contributed by atoms with E-state index in [0.717, 1.165) is 12.8 Å². The summed E-state index contributed by atoms with van der Waals surface area (Å²) in [6, 6.07) is 2.07. The summed E-state index contributed by atoms with van der Waals surface area (Å²) in [7, 11) is -2.97. The highest BCUT2D eigenvalue weighted by Gasteiger charge is 2.33. The largest absolute Gasteiger partial charge is 0.347 e. The van der Waals surface area contributed by atoms with Crippen LogP contribution in [0.3, 0.4) is 0 Å². The Morgan fingerprint density at radius 3 is 2.74 bits per heavy atom. The number of hydrogen-bond acceptors (Lipinski definition) is 3. The van der Waals surface area contributed by atoms with Crippen molar-refractivity contribution in [2.45, 2.75) is 45.7 Å². The van der Waals surface area contributed by atoms with Crippen LogP contribution in [0.25, 0.3) is 0 Å². The van der Waals surface area contributed by atoms with Crippen LogP contribution in [0.4, 0.5) is 0 Å². The summed E-state index contributed by atoms with van der Waals surface area (Å²) in [4.78, 5) is 0. The van der Waals surface area contributed by atoms with Crippen LogP contribution in [0.1, 0.15) is 50.5 Å². The van der Waals surface area contributed by atoms with E-state index in [-0.39, 0.29) is 23.3 Å². The highest BCUT2D eigenvalue weighted by Crippen LogP contribution is 2.40. The van der Waals surface area contributed by atoms with Gasteiger partial charge in [0.25, 0.3) is 0 Å². The normalized spacial score (nSPS) is 23.9. The molecule has 1 aromatic rings. The fourth-order valence-electron chi connectivity index (χ4n) is 3.19. The molecule has 0 saturated carbocycles. The van der Waals surface area contributed by atoms with Gasteiger partial charge in [-0.2, -0.15) is 0 Å². The second-order valence-electron chi connectivity index (χ2n) is 6.72. The fourth-order valence-corrected chi connectivity index (χ4v) is 4.23. The van der Waals surface area contributed by atoms with Crippen LogP contribution in [0.5, 0.6) is 0 Å². The van der Waals surface area contributed by atoms with E-state index in [0.29, 0.717) is 0 Å². The van der Waals surface area contributed by atoms with Crippen LogP contribution in [-0.2, 0) is 16.3 Å². The van der Waals surface area contributed by atoms with Crippen molar-refractivity contribution >= 4 is 9.84 Å². The molecule has 5 heteroatoms. The van der Waals surface area contributed by atoms with Crippen molar-refractivity contribution in [2.24, 2.45) is 11.1 Å². The lowest BCUT2D eigenvalue weighted by Gasteiger charge is -2.35. The van der Waals surface area contributed by atoms with Gasteiger partial charge in [-0.25, -0.2) is 8.42 Å². The van der Waals surface area contributed by atoms with Gasteiger partial charge in [0.05, 0.1) is 5.75 Å². The number of aromatic nitrogens is 1. The third-order valence-electron chi connectivity index (χ3n) is 3.90. The maximum Gasteiger partial charge on any atom is 0.149 e. The lowest BCUT2D eigenvalue weighted by Crippen LogP contribution is -2.31. The minimum absolute atomic E-state index is 0.0418. The Labute approximate surface area is 115 Å². The zero-order valence-electron chi connectivity index (χ0n) is 12.2. The van der Waals surface area contributed by atoms with Gasteiger partial charge >= 0.3 is 0 Å². The number of hydrogen-bond donors (Lipinski definition) is 1. The Bertz CT molecular complexity index is 572. The van der Waals surface area contributed by atoms with Crippen molar-refractivity contribution < 1.29 is 8.42 Å². The van der Waals surface area contributed by atoms with Crippen LogP contribution in [0, 0.1) is 5.41 Å². The van der Waals surface area contributed by atoms with Gasteiger partial charge in [-0.05, 0) is 36.8 Å². The molecule has 0 aliphatic heterocycles. The van der Waals surface area contributed by atoms with Crippen molar-refractivity contribution in [1.29, 1.82) is 0 Å². The summed E-state index contributed by atoms with van der Waals surface area (Å²) < 4.78 is 25.0. The molecule has 108 valence electrons. The maximum atomic E-state index is 11.5. The van der Waals surface area contributed by atoms with E-state index >= 15 is 0 Å². The first-order chi connectivity index (χ1) is 8.59. The molecule has 0 spiro atoms. The van der Waals surface area contributed by atoms with Crippen LogP contribution >= 0.6 is 0 Å². The Hall–Kier alpha value is -0.810. The number of nitrogens with two attached hydrogens (primary N) is 1. The average Bonchev–Trinajstić information content (AvgIpc) is 2.56. The van der Waals surface area contributed by atoms with E-state index in [1.165, 1.54) is 17.5 Å². The first kappa shape index (κ1) is 14.6. The molecule has 0 aromatic carbocycles. The van der Waals surface area contributed by atoms with Crippen molar-refractivity contribution in [1.82, 2.24) is 4.57 Å². The summed E-state index contributed by atoms with van der Waals surface area (Å²) in [6.07, 6.45) is 5.21. The molecule has 19 heavy (non-hydrogen) atoms. The molecule has 0 fully saturated rings. The van der Waals surface area contributed by atoms with Crippen molar-refractivity contribution in [2.75, 3.05) is 12.0 Å². The molecule has 1 aromatic heterocycles. The van der Waals surface area contributed by atoms with Gasteiger partial charge in [0.15, 0.2) is 0 Å². The summed E-state index contributed by atoms with van der Waals surface area (Å²) >= 11 is 0. The maximum absolute atomic E-state index is 11.5. The van der Waals surface area contributed by atoms with Crippen molar-refractivity contribution in [3.63, 3.8) is 0 Å². The van der Waals surface area contributed by atoms with Crippen molar-refractivity contribution in [3.05, 3.63) is 23.5 Å². The standard InChI is InChI=1S/C14H24N2O2S/c1-10(9-19(4,17)18)16-6-5-11-12(15)7-14(2,3)8-13(11)16/h5-6,10,12H,7-9,15H2,1-4H3. The smallest absolute Gasteiger partial charge is 0.149 e.